The van der Waals surface area contributed by atoms with Gasteiger partial charge in [-0.3, -0.25) is 9.87 Å². The first-order chi connectivity index (χ1) is 5.85. The number of aliphatic hydroxyl groups is 3. The van der Waals surface area contributed by atoms with E-state index in [1.807, 2.05) is 0 Å². The molecule has 0 rings (SSSR count). The van der Waals surface area contributed by atoms with Crippen LogP contribution in [0.1, 0.15) is 0 Å². The Bertz CT molecular complexity index is 227. The van der Waals surface area contributed by atoms with Gasteiger partial charge in [0.15, 0.2) is 0 Å². The van der Waals surface area contributed by atoms with Gasteiger partial charge in [0.2, 0.25) is 0 Å². The largest absolute Gasteiger partial charge is 0.392 e. The zero-order valence-electron chi connectivity index (χ0n) is 6.79. The molecule has 0 aliphatic rings. The van der Waals surface area contributed by atoms with Crippen molar-refractivity contribution in [3.05, 3.63) is 0 Å². The predicted octanol–water partition coefficient (Wildman–Crippen LogP) is -2.86. The molecule has 7 nitrogen and oxygen atoms in total. The normalized spacial score (nSPS) is 16.9. The number of nitrogens with one attached hydrogen (secondary N) is 1. The molecular weight excluding hydrogens is 202 g/mol. The minimum atomic E-state index is -4.21. The van der Waals surface area contributed by atoms with Gasteiger partial charge < -0.3 is 15.3 Å². The second-order valence-electron chi connectivity index (χ2n) is 2.51. The van der Waals surface area contributed by atoms with Crippen LogP contribution < -0.4 is 5.32 Å². The van der Waals surface area contributed by atoms with Gasteiger partial charge in [0.05, 0.1) is 12.7 Å². The van der Waals surface area contributed by atoms with E-state index in [1.165, 1.54) is 0 Å². The molecule has 0 aliphatic heterocycles. The maximum atomic E-state index is 10.2. The Morgan fingerprint density at radius 1 is 1.31 bits per heavy atom. The second-order valence-corrected chi connectivity index (χ2v) is 4.01. The van der Waals surface area contributed by atoms with Crippen molar-refractivity contribution in [2.45, 2.75) is 12.3 Å². The standard InChI is InChI=1S/C5H13NO6S/c7-2-5(9)6-1-4(8)3-13(10,11)12/h4-9H,1-3H2,(H,10,11,12). The molecule has 0 bridgehead atoms. The molecule has 0 aliphatic carbocycles. The van der Waals surface area contributed by atoms with Gasteiger partial charge in [-0.2, -0.15) is 8.42 Å². The summed E-state index contributed by atoms with van der Waals surface area (Å²) in [6, 6.07) is 0. The van der Waals surface area contributed by atoms with Gasteiger partial charge in [-0.25, -0.2) is 0 Å². The maximum Gasteiger partial charge on any atom is 0.267 e. The summed E-state index contributed by atoms with van der Waals surface area (Å²) in [5, 5.41) is 28.2. The molecule has 0 fully saturated rings. The summed E-state index contributed by atoms with van der Waals surface area (Å²) in [4.78, 5) is 0. The van der Waals surface area contributed by atoms with E-state index in [-0.39, 0.29) is 6.54 Å². The summed E-state index contributed by atoms with van der Waals surface area (Å²) in [5.74, 6) is -0.807. The van der Waals surface area contributed by atoms with Crippen molar-refractivity contribution in [1.82, 2.24) is 5.32 Å². The molecule has 0 radical (unpaired) electrons. The highest BCUT2D eigenvalue weighted by Gasteiger charge is 2.14. The lowest BCUT2D eigenvalue weighted by Gasteiger charge is -2.13. The second kappa shape index (κ2) is 5.47. The van der Waals surface area contributed by atoms with Gasteiger partial charge in [-0.05, 0) is 0 Å². The van der Waals surface area contributed by atoms with Crippen molar-refractivity contribution in [1.29, 1.82) is 0 Å². The minimum absolute atomic E-state index is 0.235. The summed E-state index contributed by atoms with van der Waals surface area (Å²) in [6.45, 7) is -0.778. The Balaban J connectivity index is 3.70. The zero-order valence-corrected chi connectivity index (χ0v) is 7.61. The van der Waals surface area contributed by atoms with Crippen molar-refractivity contribution in [2.75, 3.05) is 18.9 Å². The first-order valence-electron chi connectivity index (χ1n) is 3.50. The van der Waals surface area contributed by atoms with E-state index in [0.29, 0.717) is 0 Å². The molecule has 80 valence electrons. The summed E-state index contributed by atoms with van der Waals surface area (Å²) in [5.41, 5.74) is 0. The van der Waals surface area contributed by atoms with E-state index in [1.54, 1.807) is 0 Å². The van der Waals surface area contributed by atoms with Crippen LogP contribution in [0.3, 0.4) is 0 Å². The topological polar surface area (TPSA) is 127 Å². The summed E-state index contributed by atoms with van der Waals surface area (Å²) >= 11 is 0. The van der Waals surface area contributed by atoms with Gasteiger partial charge >= 0.3 is 0 Å². The van der Waals surface area contributed by atoms with E-state index >= 15 is 0 Å². The molecule has 13 heavy (non-hydrogen) atoms. The summed E-state index contributed by atoms with van der Waals surface area (Å²) in [7, 11) is -4.21. The Morgan fingerprint density at radius 2 is 1.85 bits per heavy atom. The maximum absolute atomic E-state index is 10.2. The summed E-state index contributed by atoms with van der Waals surface area (Å²) in [6.07, 6.45) is -2.53. The third-order valence-corrected chi connectivity index (χ3v) is 1.97. The molecule has 0 spiro atoms. The third kappa shape index (κ3) is 8.09. The van der Waals surface area contributed by atoms with Crippen LogP contribution in [0.5, 0.6) is 0 Å². The third-order valence-electron chi connectivity index (χ3n) is 1.17. The van der Waals surface area contributed by atoms with Crippen LogP contribution in [0.25, 0.3) is 0 Å². The van der Waals surface area contributed by atoms with Crippen molar-refractivity contribution >= 4 is 10.1 Å². The van der Waals surface area contributed by atoms with Gasteiger partial charge in [0, 0.05) is 6.54 Å². The lowest BCUT2D eigenvalue weighted by molar-refractivity contribution is 0.0558. The van der Waals surface area contributed by atoms with E-state index in [2.05, 4.69) is 5.32 Å². The fraction of sp³-hybridized carbons (Fsp3) is 1.00. The highest BCUT2D eigenvalue weighted by molar-refractivity contribution is 7.85. The van der Waals surface area contributed by atoms with E-state index < -0.39 is 34.8 Å². The first kappa shape index (κ1) is 12.8. The van der Waals surface area contributed by atoms with Gasteiger partial charge in [-0.15, -0.1) is 0 Å². The van der Waals surface area contributed by atoms with Crippen molar-refractivity contribution < 1.29 is 28.3 Å². The molecule has 2 atom stereocenters. The molecule has 0 heterocycles. The smallest absolute Gasteiger partial charge is 0.267 e. The minimum Gasteiger partial charge on any atom is -0.392 e. The average molecular weight is 215 g/mol. The first-order valence-corrected chi connectivity index (χ1v) is 5.11. The highest BCUT2D eigenvalue weighted by Crippen LogP contribution is 1.89. The molecule has 2 unspecified atom stereocenters. The molecule has 0 amide bonds. The van der Waals surface area contributed by atoms with Crippen molar-refractivity contribution in [3.8, 4) is 0 Å². The van der Waals surface area contributed by atoms with E-state index in [0.717, 1.165) is 0 Å². The van der Waals surface area contributed by atoms with Gasteiger partial charge in [0.1, 0.15) is 12.0 Å². The van der Waals surface area contributed by atoms with Crippen LogP contribution in [-0.2, 0) is 10.1 Å². The molecule has 0 aromatic rings. The SMILES string of the molecule is O=S(=O)(O)CC(O)CNC(O)CO. The Kier molecular flexibility index (Phi) is 5.37. The van der Waals surface area contributed by atoms with E-state index in [4.69, 9.17) is 19.9 Å². The van der Waals surface area contributed by atoms with Gasteiger partial charge in [0.25, 0.3) is 10.1 Å². The molecule has 0 aromatic carbocycles. The van der Waals surface area contributed by atoms with Gasteiger partial charge in [-0.1, -0.05) is 0 Å². The molecule has 8 heteroatoms. The van der Waals surface area contributed by atoms with Crippen LogP contribution >= 0.6 is 0 Å². The number of hydrogen-bond acceptors (Lipinski definition) is 6. The number of aliphatic hydroxyl groups excluding tert-OH is 3. The van der Waals surface area contributed by atoms with E-state index in [9.17, 15) is 8.42 Å². The number of rotatable bonds is 6. The quantitative estimate of drug-likeness (QED) is 0.238. The predicted molar refractivity (Wildman–Crippen MR) is 43.5 cm³/mol. The summed E-state index contributed by atoms with van der Waals surface area (Å²) < 4.78 is 28.7. The fourth-order valence-corrected chi connectivity index (χ4v) is 1.24. The molecular formula is C5H13NO6S. The zero-order chi connectivity index (χ0) is 10.5. The Labute approximate surface area is 75.8 Å². The van der Waals surface area contributed by atoms with Crippen LogP contribution in [-0.4, -0.2) is 59.5 Å². The molecule has 0 saturated carbocycles. The van der Waals surface area contributed by atoms with Crippen LogP contribution in [0.2, 0.25) is 0 Å². The molecule has 0 saturated heterocycles. The monoisotopic (exact) mass is 215 g/mol. The Hall–Kier alpha value is -0.250. The number of hydrogen-bond donors (Lipinski definition) is 5. The lowest BCUT2D eigenvalue weighted by atomic mass is 10.4. The van der Waals surface area contributed by atoms with Crippen LogP contribution in [0.15, 0.2) is 0 Å². The molecule has 5 N–H and O–H groups in total. The van der Waals surface area contributed by atoms with Crippen LogP contribution in [0, 0.1) is 0 Å². The average Bonchev–Trinajstić information content (AvgIpc) is 1.97. The van der Waals surface area contributed by atoms with Crippen molar-refractivity contribution in [3.63, 3.8) is 0 Å². The fourth-order valence-electron chi connectivity index (χ4n) is 0.639. The van der Waals surface area contributed by atoms with Crippen LogP contribution in [0.4, 0.5) is 0 Å². The Morgan fingerprint density at radius 3 is 2.23 bits per heavy atom. The molecule has 0 aromatic heterocycles. The highest BCUT2D eigenvalue weighted by atomic mass is 32.2. The lowest BCUT2D eigenvalue weighted by Crippen LogP contribution is -2.40. The van der Waals surface area contributed by atoms with Crippen molar-refractivity contribution in [2.24, 2.45) is 0 Å².